The number of hydrazone groups is 1. The van der Waals surface area contributed by atoms with Crippen LogP contribution in [0, 0.1) is 0 Å². The van der Waals surface area contributed by atoms with Crippen molar-refractivity contribution in [1.82, 2.24) is 5.43 Å². The van der Waals surface area contributed by atoms with E-state index in [9.17, 15) is 13.2 Å². The molecule has 10 heteroatoms. The Morgan fingerprint density at radius 2 is 1.46 bits per heavy atom. The van der Waals surface area contributed by atoms with E-state index in [-0.39, 0.29) is 16.1 Å². The van der Waals surface area contributed by atoms with Crippen LogP contribution in [0.5, 0.6) is 5.75 Å². The number of carbonyl (C=O) groups excluding carboxylic acids is 1. The predicted octanol–water partition coefficient (Wildman–Crippen LogP) is 6.14. The minimum Gasteiger partial charge on any atom is -0.488 e. The molecule has 4 aromatic rings. The van der Waals surface area contributed by atoms with Crippen LogP contribution in [-0.2, 0) is 16.6 Å². The first-order chi connectivity index (χ1) is 17.8. The maximum atomic E-state index is 12.8. The molecule has 7 nitrogen and oxygen atoms in total. The number of anilines is 1. The van der Waals surface area contributed by atoms with Crippen molar-refractivity contribution in [3.8, 4) is 5.75 Å². The lowest BCUT2D eigenvalue weighted by Crippen LogP contribution is -2.21. The lowest BCUT2D eigenvalue weighted by Gasteiger charge is -2.12. The highest BCUT2D eigenvalue weighted by molar-refractivity contribution is 7.92. The Bertz CT molecular complexity index is 1520. The molecule has 0 aliphatic carbocycles. The number of ether oxygens (including phenoxy) is 1. The van der Waals surface area contributed by atoms with Crippen molar-refractivity contribution in [3.05, 3.63) is 124 Å². The summed E-state index contributed by atoms with van der Waals surface area (Å²) in [5, 5.41) is 5.09. The van der Waals surface area contributed by atoms with Crippen molar-refractivity contribution in [2.24, 2.45) is 5.10 Å². The zero-order chi connectivity index (χ0) is 26.3. The number of nitrogens with zero attached hydrogens (tertiary/aromatic N) is 1. The van der Waals surface area contributed by atoms with E-state index in [1.807, 2.05) is 24.3 Å². The van der Waals surface area contributed by atoms with Gasteiger partial charge in [-0.1, -0.05) is 59.6 Å². The van der Waals surface area contributed by atoms with Crippen molar-refractivity contribution < 1.29 is 17.9 Å². The molecule has 188 valence electrons. The zero-order valence-corrected chi connectivity index (χ0v) is 21.6. The van der Waals surface area contributed by atoms with E-state index in [2.05, 4.69) is 15.2 Å². The average Bonchev–Trinajstić information content (AvgIpc) is 2.89. The first kappa shape index (κ1) is 26.2. The van der Waals surface area contributed by atoms with Crippen LogP contribution in [0.4, 0.5) is 5.69 Å². The van der Waals surface area contributed by atoms with Gasteiger partial charge in [0.25, 0.3) is 15.9 Å². The standard InChI is InChI=1S/C27H21Cl2N3O4S/c28-21-11-9-19(10-12-21)18-36-26-8-4-1-5-20(26)17-30-31-27(33)24-6-2-3-7-25(24)32-37(34,35)23-15-13-22(29)14-16-23/h1-17,32H,18H2,(H,31,33)/b30-17-. The van der Waals surface area contributed by atoms with Gasteiger partial charge in [0, 0.05) is 15.6 Å². The number of sulfonamides is 1. The maximum Gasteiger partial charge on any atom is 0.273 e. The molecular weight excluding hydrogens is 533 g/mol. The summed E-state index contributed by atoms with van der Waals surface area (Å²) in [6.45, 7) is 0.329. The quantitative estimate of drug-likeness (QED) is 0.192. The molecule has 0 heterocycles. The number of para-hydroxylation sites is 2. The van der Waals surface area contributed by atoms with Gasteiger partial charge in [0.05, 0.1) is 22.4 Å². The third-order valence-electron chi connectivity index (χ3n) is 5.14. The van der Waals surface area contributed by atoms with Gasteiger partial charge in [0.2, 0.25) is 0 Å². The number of rotatable bonds is 9. The SMILES string of the molecule is O=C(N/N=C\c1ccccc1OCc1ccc(Cl)cc1)c1ccccc1NS(=O)(=O)c1ccc(Cl)cc1. The van der Waals surface area contributed by atoms with Gasteiger partial charge in [-0.05, 0) is 66.2 Å². The molecule has 0 bridgehead atoms. The van der Waals surface area contributed by atoms with Gasteiger partial charge in [-0.3, -0.25) is 9.52 Å². The van der Waals surface area contributed by atoms with Crippen LogP contribution in [0.15, 0.2) is 107 Å². The summed E-state index contributed by atoms with van der Waals surface area (Å²) in [6, 6.07) is 26.5. The van der Waals surface area contributed by atoms with Gasteiger partial charge in [-0.15, -0.1) is 0 Å². The van der Waals surface area contributed by atoms with Gasteiger partial charge in [0.1, 0.15) is 12.4 Å². The van der Waals surface area contributed by atoms with Crippen LogP contribution < -0.4 is 14.9 Å². The Labute approximate surface area is 224 Å². The summed E-state index contributed by atoms with van der Waals surface area (Å²) in [5.41, 5.74) is 4.24. The van der Waals surface area contributed by atoms with Gasteiger partial charge in [-0.25, -0.2) is 13.8 Å². The molecule has 4 aromatic carbocycles. The monoisotopic (exact) mass is 553 g/mol. The third-order valence-corrected chi connectivity index (χ3v) is 7.02. The van der Waals surface area contributed by atoms with Crippen molar-refractivity contribution in [2.45, 2.75) is 11.5 Å². The van der Waals surface area contributed by atoms with Crippen LogP contribution in [-0.4, -0.2) is 20.5 Å². The van der Waals surface area contributed by atoms with Crippen molar-refractivity contribution in [3.63, 3.8) is 0 Å². The van der Waals surface area contributed by atoms with E-state index >= 15 is 0 Å². The molecule has 4 rings (SSSR count). The lowest BCUT2D eigenvalue weighted by molar-refractivity contribution is 0.0956. The van der Waals surface area contributed by atoms with Gasteiger partial charge in [0.15, 0.2) is 0 Å². The van der Waals surface area contributed by atoms with E-state index in [4.69, 9.17) is 27.9 Å². The van der Waals surface area contributed by atoms with Crippen molar-refractivity contribution in [1.29, 1.82) is 0 Å². The largest absolute Gasteiger partial charge is 0.488 e. The van der Waals surface area contributed by atoms with Crippen LogP contribution >= 0.6 is 23.2 Å². The van der Waals surface area contributed by atoms with Crippen molar-refractivity contribution >= 4 is 51.0 Å². The highest BCUT2D eigenvalue weighted by atomic mass is 35.5. The van der Waals surface area contributed by atoms with Crippen LogP contribution in [0.1, 0.15) is 21.5 Å². The number of hydrogen-bond acceptors (Lipinski definition) is 5. The predicted molar refractivity (Wildman–Crippen MR) is 146 cm³/mol. The molecule has 0 aliphatic heterocycles. The third kappa shape index (κ3) is 7.10. The second-order valence-electron chi connectivity index (χ2n) is 7.76. The smallest absolute Gasteiger partial charge is 0.273 e. The number of halogens is 2. The van der Waals surface area contributed by atoms with Gasteiger partial charge >= 0.3 is 0 Å². The molecule has 37 heavy (non-hydrogen) atoms. The topological polar surface area (TPSA) is 96.9 Å². The Kier molecular flexibility index (Phi) is 8.45. The van der Waals surface area contributed by atoms with Crippen LogP contribution in [0.25, 0.3) is 0 Å². The fourth-order valence-electron chi connectivity index (χ4n) is 3.27. The fraction of sp³-hybridized carbons (Fsp3) is 0.0370. The second kappa shape index (κ2) is 11.9. The normalized spacial score (nSPS) is 11.3. The van der Waals surface area contributed by atoms with Crippen molar-refractivity contribution in [2.75, 3.05) is 4.72 Å². The molecule has 0 aliphatic rings. The molecule has 0 saturated heterocycles. The van der Waals surface area contributed by atoms with E-state index < -0.39 is 15.9 Å². The number of hydrogen-bond donors (Lipinski definition) is 2. The lowest BCUT2D eigenvalue weighted by atomic mass is 10.2. The summed E-state index contributed by atoms with van der Waals surface area (Å²) >= 11 is 11.8. The van der Waals surface area contributed by atoms with Crippen LogP contribution in [0.3, 0.4) is 0 Å². The Balaban J connectivity index is 1.44. The molecular formula is C27H21Cl2N3O4S. The molecule has 0 unspecified atom stereocenters. The fourth-order valence-corrected chi connectivity index (χ4v) is 4.60. The molecule has 0 radical (unpaired) electrons. The summed E-state index contributed by atoms with van der Waals surface area (Å²) in [7, 11) is -3.94. The molecule has 0 fully saturated rings. The Hall–Kier alpha value is -3.85. The molecule has 0 aromatic heterocycles. The Morgan fingerprint density at radius 3 is 2.19 bits per heavy atom. The number of amides is 1. The first-order valence-electron chi connectivity index (χ1n) is 11.0. The van der Waals surface area contributed by atoms with Crippen LogP contribution in [0.2, 0.25) is 10.0 Å². The molecule has 0 saturated carbocycles. The summed E-state index contributed by atoms with van der Waals surface area (Å²) in [6.07, 6.45) is 1.45. The second-order valence-corrected chi connectivity index (χ2v) is 10.3. The summed E-state index contributed by atoms with van der Waals surface area (Å²) < 4.78 is 33.9. The summed E-state index contributed by atoms with van der Waals surface area (Å²) in [4.78, 5) is 12.8. The highest BCUT2D eigenvalue weighted by Gasteiger charge is 2.18. The first-order valence-corrected chi connectivity index (χ1v) is 13.2. The molecule has 1 amide bonds. The van der Waals surface area contributed by atoms with E-state index in [1.54, 1.807) is 36.4 Å². The zero-order valence-electron chi connectivity index (χ0n) is 19.3. The highest BCUT2D eigenvalue weighted by Crippen LogP contribution is 2.22. The number of nitrogens with one attached hydrogen (secondary N) is 2. The molecule has 0 spiro atoms. The van der Waals surface area contributed by atoms with E-state index in [0.29, 0.717) is 28.0 Å². The molecule has 0 atom stereocenters. The van der Waals surface area contributed by atoms with E-state index in [1.165, 1.54) is 42.6 Å². The molecule has 2 N–H and O–H groups in total. The van der Waals surface area contributed by atoms with Gasteiger partial charge < -0.3 is 4.74 Å². The Morgan fingerprint density at radius 1 is 0.838 bits per heavy atom. The van der Waals surface area contributed by atoms with Gasteiger partial charge in [-0.2, -0.15) is 5.10 Å². The minimum absolute atomic E-state index is 0.0142. The minimum atomic E-state index is -3.94. The van der Waals surface area contributed by atoms with E-state index in [0.717, 1.165) is 5.56 Å². The summed E-state index contributed by atoms with van der Waals surface area (Å²) in [5.74, 6) is -0.0169. The average molecular weight is 554 g/mol. The maximum absolute atomic E-state index is 12.8. The number of carbonyl (C=O) groups is 1. The number of benzene rings is 4.